The first-order valence-electron chi connectivity index (χ1n) is 6.01. The minimum atomic E-state index is 0.640. The third-order valence-electron chi connectivity index (χ3n) is 3.63. The monoisotopic (exact) mass is 216 g/mol. The Morgan fingerprint density at radius 3 is 2.88 bits per heavy atom. The van der Waals surface area contributed by atoms with Gasteiger partial charge in [0.25, 0.3) is 0 Å². The first kappa shape index (κ1) is 9.70. The predicted octanol–water partition coefficient (Wildman–Crippen LogP) is 3.27. The number of rotatable bonds is 1. The summed E-state index contributed by atoms with van der Waals surface area (Å²) >= 11 is 0. The number of hydrogen-bond acceptors (Lipinski definition) is 2. The van der Waals surface area contributed by atoms with Gasteiger partial charge in [0.05, 0.1) is 0 Å². The Bertz CT molecular complexity index is 457. The number of nitrogens with zero attached hydrogens (tertiary/aromatic N) is 2. The summed E-state index contributed by atoms with van der Waals surface area (Å²) in [5.41, 5.74) is 2.43. The van der Waals surface area contributed by atoms with Crippen molar-refractivity contribution in [3.63, 3.8) is 0 Å². The maximum atomic E-state index is 9.64. The molecule has 3 nitrogen and oxygen atoms in total. The Kier molecular flexibility index (Phi) is 2.31. The van der Waals surface area contributed by atoms with Crippen LogP contribution in [0.2, 0.25) is 0 Å². The van der Waals surface area contributed by atoms with Crippen LogP contribution < -0.4 is 0 Å². The summed E-state index contributed by atoms with van der Waals surface area (Å²) in [6.07, 6.45) is 10.1. The molecule has 0 saturated heterocycles. The van der Waals surface area contributed by atoms with Crippen molar-refractivity contribution in [2.24, 2.45) is 0 Å². The molecule has 3 rings (SSSR count). The third-order valence-corrected chi connectivity index (χ3v) is 3.63. The van der Waals surface area contributed by atoms with E-state index in [0.29, 0.717) is 11.7 Å². The molecule has 0 amide bonds. The van der Waals surface area contributed by atoms with Gasteiger partial charge < -0.3 is 5.21 Å². The standard InChI is InChI=1S/C13H16N2O/c16-15-8-4-7-11-12(9-14-13(11)15)10-5-2-1-3-6-10/h4,7-10,16H,1-3,5-6H2. The van der Waals surface area contributed by atoms with Crippen LogP contribution in [0, 0.1) is 0 Å². The Morgan fingerprint density at radius 2 is 2.06 bits per heavy atom. The van der Waals surface area contributed by atoms with Crippen LogP contribution in [0.4, 0.5) is 0 Å². The molecule has 1 fully saturated rings. The quantitative estimate of drug-likeness (QED) is 0.743. The largest absolute Gasteiger partial charge is 0.427 e. The Hall–Kier alpha value is -1.51. The van der Waals surface area contributed by atoms with Crippen LogP contribution in [0.25, 0.3) is 11.4 Å². The van der Waals surface area contributed by atoms with Crippen molar-refractivity contribution in [2.45, 2.75) is 38.0 Å². The van der Waals surface area contributed by atoms with Crippen LogP contribution >= 0.6 is 0 Å². The summed E-state index contributed by atoms with van der Waals surface area (Å²) in [6, 6.07) is 3.93. The SMILES string of the molecule is On1cccc2c(C3CCCCC3)cnc1-2. The van der Waals surface area contributed by atoms with Crippen LogP contribution in [0.5, 0.6) is 0 Å². The van der Waals surface area contributed by atoms with Gasteiger partial charge in [-0.1, -0.05) is 19.3 Å². The number of hydrogen-bond donors (Lipinski definition) is 1. The lowest BCUT2D eigenvalue weighted by atomic mass is 9.83. The summed E-state index contributed by atoms with van der Waals surface area (Å²) in [7, 11) is 0. The van der Waals surface area contributed by atoms with E-state index in [2.05, 4.69) is 11.1 Å². The fourth-order valence-corrected chi connectivity index (χ4v) is 2.78. The van der Waals surface area contributed by atoms with Gasteiger partial charge in [0.2, 0.25) is 0 Å². The zero-order valence-electron chi connectivity index (χ0n) is 9.26. The van der Waals surface area contributed by atoms with Gasteiger partial charge in [0.1, 0.15) is 0 Å². The lowest BCUT2D eigenvalue weighted by Crippen LogP contribution is -2.05. The molecule has 0 unspecified atom stereocenters. The van der Waals surface area contributed by atoms with E-state index in [1.807, 2.05) is 12.3 Å². The minimum Gasteiger partial charge on any atom is -0.427 e. The van der Waals surface area contributed by atoms with Crippen LogP contribution in [-0.2, 0) is 0 Å². The van der Waals surface area contributed by atoms with Crippen molar-refractivity contribution in [3.8, 4) is 11.4 Å². The fraction of sp³-hybridized carbons (Fsp3) is 0.462. The molecule has 0 radical (unpaired) electrons. The van der Waals surface area contributed by atoms with Crippen LogP contribution in [0.3, 0.4) is 0 Å². The van der Waals surface area contributed by atoms with E-state index in [0.717, 1.165) is 10.3 Å². The first-order chi connectivity index (χ1) is 7.86. The van der Waals surface area contributed by atoms with E-state index in [-0.39, 0.29) is 0 Å². The molecule has 3 heteroatoms. The average molecular weight is 216 g/mol. The van der Waals surface area contributed by atoms with E-state index in [1.165, 1.54) is 37.7 Å². The molecule has 0 atom stereocenters. The zero-order valence-corrected chi connectivity index (χ0v) is 9.26. The summed E-state index contributed by atoms with van der Waals surface area (Å²) in [5.74, 6) is 1.32. The smallest absolute Gasteiger partial charge is 0.175 e. The van der Waals surface area contributed by atoms with Crippen molar-refractivity contribution in [3.05, 3.63) is 30.1 Å². The van der Waals surface area contributed by atoms with E-state index < -0.39 is 0 Å². The van der Waals surface area contributed by atoms with Crippen molar-refractivity contribution in [2.75, 3.05) is 0 Å². The van der Waals surface area contributed by atoms with Gasteiger partial charge in [-0.15, -0.1) is 0 Å². The highest BCUT2D eigenvalue weighted by Crippen LogP contribution is 2.38. The fourth-order valence-electron chi connectivity index (χ4n) is 2.78. The number of aromatic nitrogens is 2. The van der Waals surface area contributed by atoms with E-state index in [9.17, 15) is 5.21 Å². The molecule has 84 valence electrons. The Balaban J connectivity index is 2.00. The summed E-state index contributed by atoms with van der Waals surface area (Å²) in [5, 5.41) is 9.64. The first-order valence-corrected chi connectivity index (χ1v) is 6.01. The molecule has 0 bridgehead atoms. The van der Waals surface area contributed by atoms with Gasteiger partial charge in [-0.25, -0.2) is 4.98 Å². The summed E-state index contributed by atoms with van der Waals surface area (Å²) < 4.78 is 1.11. The number of pyridine rings is 1. The minimum absolute atomic E-state index is 0.640. The summed E-state index contributed by atoms with van der Waals surface area (Å²) in [4.78, 5) is 4.31. The van der Waals surface area contributed by atoms with Crippen LogP contribution in [0.1, 0.15) is 43.6 Å². The second kappa shape index (κ2) is 3.81. The molecule has 0 aromatic heterocycles. The molecule has 3 aliphatic rings. The molecule has 0 aromatic carbocycles. The van der Waals surface area contributed by atoms with Crippen molar-refractivity contribution in [1.82, 2.24) is 9.71 Å². The normalized spacial score (nSPS) is 18.0. The van der Waals surface area contributed by atoms with Crippen LogP contribution in [0.15, 0.2) is 24.5 Å². The van der Waals surface area contributed by atoms with Gasteiger partial charge >= 0.3 is 0 Å². The highest BCUT2D eigenvalue weighted by molar-refractivity contribution is 5.63. The van der Waals surface area contributed by atoms with Crippen LogP contribution in [-0.4, -0.2) is 14.9 Å². The lowest BCUT2D eigenvalue weighted by Gasteiger charge is -2.21. The molecule has 1 aliphatic carbocycles. The average Bonchev–Trinajstić information content (AvgIpc) is 2.75. The second-order valence-electron chi connectivity index (χ2n) is 4.64. The maximum Gasteiger partial charge on any atom is 0.175 e. The lowest BCUT2D eigenvalue weighted by molar-refractivity contribution is 0.186. The molecule has 0 spiro atoms. The molecule has 2 aliphatic heterocycles. The van der Waals surface area contributed by atoms with Gasteiger partial charge in [0, 0.05) is 18.0 Å². The molecule has 1 N–H and O–H groups in total. The van der Waals surface area contributed by atoms with Crippen molar-refractivity contribution in [1.29, 1.82) is 0 Å². The predicted molar refractivity (Wildman–Crippen MR) is 61.9 cm³/mol. The highest BCUT2D eigenvalue weighted by atomic mass is 16.5. The van der Waals surface area contributed by atoms with Gasteiger partial charge in [0.15, 0.2) is 5.82 Å². The Morgan fingerprint density at radius 1 is 1.25 bits per heavy atom. The number of fused-ring (bicyclic) bond motifs is 1. The topological polar surface area (TPSA) is 38.0 Å². The Labute approximate surface area is 95.0 Å². The van der Waals surface area contributed by atoms with Gasteiger partial charge in [-0.2, -0.15) is 4.73 Å². The zero-order chi connectivity index (χ0) is 11.0. The van der Waals surface area contributed by atoms with E-state index in [4.69, 9.17) is 0 Å². The van der Waals surface area contributed by atoms with Gasteiger partial charge in [-0.05, 0) is 36.5 Å². The maximum absolute atomic E-state index is 9.64. The van der Waals surface area contributed by atoms with Crippen molar-refractivity contribution >= 4 is 0 Å². The molecule has 2 heterocycles. The van der Waals surface area contributed by atoms with Gasteiger partial charge in [-0.3, -0.25) is 0 Å². The molecular formula is C13H16N2O. The summed E-state index contributed by atoms with van der Waals surface area (Å²) in [6.45, 7) is 0. The molecule has 0 aromatic rings. The molecule has 1 saturated carbocycles. The molecule has 16 heavy (non-hydrogen) atoms. The second-order valence-corrected chi connectivity index (χ2v) is 4.64. The third kappa shape index (κ3) is 1.47. The van der Waals surface area contributed by atoms with E-state index >= 15 is 0 Å². The van der Waals surface area contributed by atoms with E-state index in [1.54, 1.807) is 6.20 Å². The highest BCUT2D eigenvalue weighted by Gasteiger charge is 2.22. The van der Waals surface area contributed by atoms with Crippen molar-refractivity contribution < 1.29 is 5.21 Å². The molecular weight excluding hydrogens is 200 g/mol.